The van der Waals surface area contributed by atoms with Gasteiger partial charge in [0.2, 0.25) is 0 Å². The van der Waals surface area contributed by atoms with E-state index in [1.165, 1.54) is 6.07 Å². The van der Waals surface area contributed by atoms with Gasteiger partial charge in [-0.2, -0.15) is 0 Å². The first kappa shape index (κ1) is 24.8. The van der Waals surface area contributed by atoms with Crippen LogP contribution in [-0.4, -0.2) is 33.6 Å². The molecule has 0 bridgehead atoms. The summed E-state index contributed by atoms with van der Waals surface area (Å²) in [6.45, 7) is 2.53. The largest absolute Gasteiger partial charge is 0.333 e. The number of halogens is 4. The molecule has 0 fully saturated rings. The normalized spacial score (nSPS) is 13.9. The van der Waals surface area contributed by atoms with Crippen LogP contribution < -0.4 is 5.32 Å². The van der Waals surface area contributed by atoms with Gasteiger partial charge in [0, 0.05) is 54.9 Å². The minimum atomic E-state index is -0.428. The van der Waals surface area contributed by atoms with Crippen molar-refractivity contribution in [1.29, 1.82) is 0 Å². The van der Waals surface area contributed by atoms with Crippen LogP contribution in [0, 0.1) is 5.82 Å². The fraction of sp³-hybridized carbons (Fsp3) is 0.185. The number of carbonyl (C=O) groups is 1. The summed E-state index contributed by atoms with van der Waals surface area (Å²) in [7, 11) is 0. The van der Waals surface area contributed by atoms with Crippen LogP contribution in [0.4, 0.5) is 9.18 Å². The van der Waals surface area contributed by atoms with E-state index in [1.54, 1.807) is 29.0 Å². The zero-order chi connectivity index (χ0) is 25.2. The number of benzene rings is 2. The predicted octanol–water partition coefficient (Wildman–Crippen LogP) is 6.97. The lowest BCUT2D eigenvalue weighted by molar-refractivity contribution is 0.240. The quantitative estimate of drug-likeness (QED) is 0.277. The molecule has 2 aromatic heterocycles. The van der Waals surface area contributed by atoms with E-state index >= 15 is 0 Å². The van der Waals surface area contributed by atoms with Gasteiger partial charge in [0.25, 0.3) is 0 Å². The molecule has 0 saturated heterocycles. The number of amides is 1. The second-order valence-corrected chi connectivity index (χ2v) is 9.86. The van der Waals surface area contributed by atoms with E-state index < -0.39 is 5.82 Å². The number of nitrogens with zero attached hydrogens (tertiary/aromatic N) is 3. The van der Waals surface area contributed by atoms with E-state index in [4.69, 9.17) is 34.8 Å². The fourth-order valence-electron chi connectivity index (χ4n) is 4.54. The van der Waals surface area contributed by atoms with Crippen molar-refractivity contribution in [2.75, 3.05) is 13.1 Å². The third-order valence-corrected chi connectivity index (χ3v) is 6.98. The molecule has 4 aromatic rings. The van der Waals surface area contributed by atoms with Crippen molar-refractivity contribution in [3.05, 3.63) is 104 Å². The van der Waals surface area contributed by atoms with Crippen molar-refractivity contribution in [1.82, 2.24) is 19.8 Å². The highest BCUT2D eigenvalue weighted by atomic mass is 35.5. The van der Waals surface area contributed by atoms with Gasteiger partial charge in [0.05, 0.1) is 10.5 Å². The number of fused-ring (bicyclic) bond motifs is 3. The van der Waals surface area contributed by atoms with Crippen LogP contribution in [0.5, 0.6) is 0 Å². The zero-order valence-corrected chi connectivity index (χ0v) is 21.4. The van der Waals surface area contributed by atoms with Crippen LogP contribution in [-0.2, 0) is 19.5 Å². The molecular formula is C27H22Cl3FN4O. The Morgan fingerprint density at radius 1 is 1.11 bits per heavy atom. The molecule has 2 aromatic carbocycles. The van der Waals surface area contributed by atoms with Crippen molar-refractivity contribution in [3.63, 3.8) is 0 Å². The maximum atomic E-state index is 13.4. The molecule has 0 saturated carbocycles. The van der Waals surface area contributed by atoms with E-state index in [0.29, 0.717) is 36.2 Å². The molecule has 0 aliphatic carbocycles. The van der Waals surface area contributed by atoms with Gasteiger partial charge in [-0.15, -0.1) is 0 Å². The van der Waals surface area contributed by atoms with E-state index in [0.717, 1.165) is 39.8 Å². The standard InChI is InChI=1S/C27H22Cl3FN4O/c28-19-4-5-20-21-16-34(10-1-2-17-3-6-23(31)22(29)12-17)11-8-24(21)35(25(20)14-19)27(36)33-15-18-7-9-32-26(30)13-18/h1-7,9,12-14H,8,10-11,15-16H2,(H,33,36)/b2-1+. The summed E-state index contributed by atoms with van der Waals surface area (Å²) in [5, 5.41) is 5.07. The molecule has 1 aliphatic heterocycles. The van der Waals surface area contributed by atoms with Gasteiger partial charge >= 0.3 is 6.03 Å². The van der Waals surface area contributed by atoms with Gasteiger partial charge in [-0.05, 0) is 53.1 Å². The molecule has 1 amide bonds. The lowest BCUT2D eigenvalue weighted by atomic mass is 10.0. The molecule has 1 aliphatic rings. The van der Waals surface area contributed by atoms with Crippen LogP contribution in [0.2, 0.25) is 15.2 Å². The Labute approximate surface area is 223 Å². The third kappa shape index (κ3) is 5.27. The van der Waals surface area contributed by atoms with Gasteiger partial charge < -0.3 is 5.32 Å². The first-order valence-electron chi connectivity index (χ1n) is 11.4. The predicted molar refractivity (Wildman–Crippen MR) is 143 cm³/mol. The number of carbonyl (C=O) groups excluding carboxylic acids is 1. The Morgan fingerprint density at radius 2 is 1.97 bits per heavy atom. The summed E-state index contributed by atoms with van der Waals surface area (Å²) in [5.41, 5.74) is 4.61. The highest BCUT2D eigenvalue weighted by Gasteiger charge is 2.26. The van der Waals surface area contributed by atoms with Gasteiger partial charge in [0.15, 0.2) is 0 Å². The highest BCUT2D eigenvalue weighted by molar-refractivity contribution is 6.31. The highest BCUT2D eigenvalue weighted by Crippen LogP contribution is 2.32. The Kier molecular flexibility index (Phi) is 7.30. The summed E-state index contributed by atoms with van der Waals surface area (Å²) in [5.74, 6) is -0.428. The Morgan fingerprint density at radius 3 is 2.78 bits per heavy atom. The van der Waals surface area contributed by atoms with E-state index in [9.17, 15) is 9.18 Å². The molecular weight excluding hydrogens is 522 g/mol. The lowest BCUT2D eigenvalue weighted by Gasteiger charge is -2.27. The molecule has 3 heterocycles. The molecule has 1 N–H and O–H groups in total. The van der Waals surface area contributed by atoms with Crippen LogP contribution in [0.25, 0.3) is 17.0 Å². The molecule has 0 atom stereocenters. The number of rotatable bonds is 5. The first-order valence-corrected chi connectivity index (χ1v) is 12.6. The Hall–Kier alpha value is -2.90. The fourth-order valence-corrected chi connectivity index (χ4v) is 5.09. The second-order valence-electron chi connectivity index (χ2n) is 8.63. The SMILES string of the molecule is O=C(NCc1ccnc(Cl)c1)n1c2c(c3ccc(Cl)cc31)CN(C/C=C/c1ccc(F)c(Cl)c1)CC2. The average Bonchev–Trinajstić information content (AvgIpc) is 3.17. The molecule has 36 heavy (non-hydrogen) atoms. The van der Waals surface area contributed by atoms with Gasteiger partial charge in [0.1, 0.15) is 11.0 Å². The third-order valence-electron chi connectivity index (χ3n) is 6.25. The van der Waals surface area contributed by atoms with Crippen LogP contribution in [0.3, 0.4) is 0 Å². The average molecular weight is 544 g/mol. The molecule has 5 nitrogen and oxygen atoms in total. The second kappa shape index (κ2) is 10.6. The lowest BCUT2D eigenvalue weighted by Crippen LogP contribution is -2.34. The van der Waals surface area contributed by atoms with Crippen molar-refractivity contribution in [3.8, 4) is 0 Å². The molecule has 0 unspecified atom stereocenters. The van der Waals surface area contributed by atoms with Crippen molar-refractivity contribution in [2.24, 2.45) is 0 Å². The molecule has 0 radical (unpaired) electrons. The van der Waals surface area contributed by atoms with Crippen LogP contribution >= 0.6 is 34.8 Å². The number of nitrogens with one attached hydrogen (secondary N) is 1. The van der Waals surface area contributed by atoms with E-state index in [2.05, 4.69) is 15.2 Å². The maximum Gasteiger partial charge on any atom is 0.326 e. The Balaban J connectivity index is 1.36. The maximum absolute atomic E-state index is 13.4. The minimum Gasteiger partial charge on any atom is -0.333 e. The van der Waals surface area contributed by atoms with Crippen molar-refractivity contribution >= 4 is 57.8 Å². The van der Waals surface area contributed by atoms with Gasteiger partial charge in [-0.1, -0.05) is 59.1 Å². The van der Waals surface area contributed by atoms with Gasteiger partial charge in [-0.25, -0.2) is 14.2 Å². The van der Waals surface area contributed by atoms with Crippen molar-refractivity contribution < 1.29 is 9.18 Å². The van der Waals surface area contributed by atoms with Crippen LogP contribution in [0.15, 0.2) is 60.8 Å². The number of aromatic nitrogens is 2. The number of pyridine rings is 1. The summed E-state index contributed by atoms with van der Waals surface area (Å²) in [6.07, 6.45) is 6.30. The zero-order valence-electron chi connectivity index (χ0n) is 19.1. The first-order chi connectivity index (χ1) is 17.4. The molecule has 5 rings (SSSR count). The van der Waals surface area contributed by atoms with E-state index in [1.807, 2.05) is 36.4 Å². The Bertz CT molecular complexity index is 1480. The van der Waals surface area contributed by atoms with Gasteiger partial charge in [-0.3, -0.25) is 9.47 Å². The molecule has 9 heteroatoms. The minimum absolute atomic E-state index is 0.108. The van der Waals surface area contributed by atoms with Crippen LogP contribution in [0.1, 0.15) is 22.4 Å². The van der Waals surface area contributed by atoms with E-state index in [-0.39, 0.29) is 11.1 Å². The van der Waals surface area contributed by atoms with Crippen molar-refractivity contribution in [2.45, 2.75) is 19.5 Å². The number of hydrogen-bond acceptors (Lipinski definition) is 3. The smallest absolute Gasteiger partial charge is 0.326 e. The summed E-state index contributed by atoms with van der Waals surface area (Å²) < 4.78 is 15.1. The summed E-state index contributed by atoms with van der Waals surface area (Å²) in [4.78, 5) is 19.6. The summed E-state index contributed by atoms with van der Waals surface area (Å²) >= 11 is 18.2. The molecule has 0 spiro atoms. The number of hydrogen-bond donors (Lipinski definition) is 1. The summed E-state index contributed by atoms with van der Waals surface area (Å²) in [6, 6.07) is 13.7. The topological polar surface area (TPSA) is 50.2 Å². The molecule has 184 valence electrons. The monoisotopic (exact) mass is 542 g/mol.